The number of ketones is 2. The van der Waals surface area contributed by atoms with Gasteiger partial charge in [0.05, 0.1) is 42.6 Å². The highest BCUT2D eigenvalue weighted by Crippen LogP contribution is 2.53. The molecule has 0 unspecified atom stereocenters. The number of hydrogen-bond acceptors (Lipinski definition) is 15. The number of amides is 2. The molecule has 70 heavy (non-hydrogen) atoms. The van der Waals surface area contributed by atoms with Gasteiger partial charge in [-0.15, -0.1) is 0 Å². The number of hydrogen-bond donors (Lipinski definition) is 4. The van der Waals surface area contributed by atoms with E-state index in [0.29, 0.717) is 24.4 Å². The van der Waals surface area contributed by atoms with Crippen LogP contribution in [0.5, 0.6) is 17.2 Å². The Morgan fingerprint density at radius 1 is 0.871 bits per heavy atom. The Morgan fingerprint density at radius 2 is 1.57 bits per heavy atom. The van der Waals surface area contributed by atoms with Crippen LogP contribution in [-0.4, -0.2) is 121 Å². The van der Waals surface area contributed by atoms with E-state index in [0.717, 1.165) is 22.3 Å². The molecule has 4 N–H and O–H groups in total. The Bertz CT molecular complexity index is 2930. The summed E-state index contributed by atoms with van der Waals surface area (Å²) in [6.45, 7) is 2.69. The first-order valence-corrected chi connectivity index (χ1v) is 23.3. The maximum atomic E-state index is 14.5. The van der Waals surface area contributed by atoms with Crippen molar-refractivity contribution in [3.63, 3.8) is 0 Å². The van der Waals surface area contributed by atoms with Crippen molar-refractivity contribution in [2.75, 3.05) is 39.3 Å². The fourth-order valence-corrected chi connectivity index (χ4v) is 11.2. The Morgan fingerprint density at radius 3 is 2.30 bits per heavy atom. The average Bonchev–Trinajstić information content (AvgIpc) is 3.91. The number of methoxy groups -OCH3 is 2. The van der Waals surface area contributed by atoms with Gasteiger partial charge < -0.3 is 53.8 Å². The summed E-state index contributed by atoms with van der Waals surface area (Å²) < 4.78 is 42.4. The highest BCUT2D eigenvalue weighted by atomic mass is 16.7. The third-order valence-corrected chi connectivity index (χ3v) is 14.6. The van der Waals surface area contributed by atoms with Gasteiger partial charge in [0.1, 0.15) is 29.0 Å². The van der Waals surface area contributed by atoms with Crippen molar-refractivity contribution in [1.82, 2.24) is 10.2 Å². The minimum Gasteiger partial charge on any atom is -0.507 e. The number of carbonyl (C=O) groups is 4. The predicted molar refractivity (Wildman–Crippen MR) is 248 cm³/mol. The quantitative estimate of drug-likeness (QED) is 0.126. The Balaban J connectivity index is 0.871. The molecule has 0 aromatic heterocycles. The zero-order valence-electron chi connectivity index (χ0n) is 38.7. The average molecular weight is 954 g/mol. The number of fused-ring (bicyclic) bond motifs is 9. The van der Waals surface area contributed by atoms with Crippen molar-refractivity contribution >= 4 is 29.3 Å². The van der Waals surface area contributed by atoms with E-state index in [1.54, 1.807) is 38.4 Å². The lowest BCUT2D eigenvalue weighted by Gasteiger charge is -2.43. The van der Waals surface area contributed by atoms with Gasteiger partial charge in [0, 0.05) is 86.1 Å². The van der Waals surface area contributed by atoms with Crippen LogP contribution >= 0.6 is 0 Å². The molecule has 11 rings (SSSR count). The van der Waals surface area contributed by atoms with E-state index in [2.05, 4.69) is 10.2 Å². The monoisotopic (exact) mass is 953 g/mol. The number of anilines is 1. The minimum absolute atomic E-state index is 0.0477. The smallest absolute Gasteiger partial charge is 0.414 e. The van der Waals surface area contributed by atoms with Crippen LogP contribution in [0.3, 0.4) is 0 Å². The van der Waals surface area contributed by atoms with E-state index in [9.17, 15) is 34.5 Å². The summed E-state index contributed by atoms with van der Waals surface area (Å²) in [7, 11) is 4.49. The SMILES string of the molecule is COc1cccc2c1C(=O)c1c(O)c3c(c(O)c1C2=O)C[C@@](O)(C(=O)NCc1cccc(N(C)C(=O)OC2c4ccccc4-c4ccccc42)c1)C[C@@H]3O[C@H]1C[C@H]2[C@H](O[C@@H]3[C@@H](OC)OCCN32)[C@H](C)O1. The van der Waals surface area contributed by atoms with Gasteiger partial charge in [0.2, 0.25) is 5.78 Å². The van der Waals surface area contributed by atoms with E-state index >= 15 is 0 Å². The Hall–Kier alpha value is -6.70. The molecular weight excluding hydrogens is 903 g/mol. The molecule has 3 aliphatic carbocycles. The first-order chi connectivity index (χ1) is 33.8. The molecule has 17 heteroatoms. The molecule has 3 heterocycles. The van der Waals surface area contributed by atoms with Gasteiger partial charge >= 0.3 is 6.09 Å². The number of rotatable bonds is 9. The van der Waals surface area contributed by atoms with E-state index in [1.807, 2.05) is 55.5 Å². The number of ether oxygens (including phenoxy) is 7. The Labute approximate surface area is 402 Å². The summed E-state index contributed by atoms with van der Waals surface area (Å²) in [5.41, 5.74) is 1.29. The van der Waals surface area contributed by atoms with Gasteiger partial charge in [0.15, 0.2) is 30.7 Å². The van der Waals surface area contributed by atoms with Gasteiger partial charge in [-0.25, -0.2) is 4.79 Å². The van der Waals surface area contributed by atoms with Crippen LogP contribution in [0.4, 0.5) is 10.5 Å². The first kappa shape index (κ1) is 45.7. The number of nitrogens with one attached hydrogen (secondary N) is 1. The second-order valence-electron chi connectivity index (χ2n) is 18.5. The maximum absolute atomic E-state index is 14.5. The van der Waals surface area contributed by atoms with Crippen molar-refractivity contribution in [1.29, 1.82) is 0 Å². The van der Waals surface area contributed by atoms with Gasteiger partial charge in [-0.05, 0) is 41.8 Å². The Kier molecular flexibility index (Phi) is 11.5. The van der Waals surface area contributed by atoms with Gasteiger partial charge in [-0.1, -0.05) is 72.8 Å². The third kappa shape index (κ3) is 7.34. The molecule has 8 atom stereocenters. The molecule has 5 aromatic carbocycles. The topological polar surface area (TPSA) is 212 Å². The van der Waals surface area contributed by atoms with Crippen molar-refractivity contribution in [3.8, 4) is 28.4 Å². The molecular formula is C53H51N3O14. The number of nitrogens with zero attached hydrogens (tertiary/aromatic N) is 2. The number of phenolic OH excluding ortho intramolecular Hbond substituents is 2. The van der Waals surface area contributed by atoms with Crippen LogP contribution in [0.1, 0.15) is 91.6 Å². The molecule has 0 saturated carbocycles. The van der Waals surface area contributed by atoms with E-state index in [4.69, 9.17) is 33.2 Å². The van der Waals surface area contributed by atoms with Crippen LogP contribution in [-0.2, 0) is 46.2 Å². The van der Waals surface area contributed by atoms with Crippen molar-refractivity contribution in [3.05, 3.63) is 141 Å². The molecule has 17 nitrogen and oxygen atoms in total. The summed E-state index contributed by atoms with van der Waals surface area (Å²) in [6.07, 6.45) is -6.32. The zero-order chi connectivity index (χ0) is 48.7. The summed E-state index contributed by atoms with van der Waals surface area (Å²) in [6, 6.07) is 26.8. The number of benzene rings is 5. The highest BCUT2D eigenvalue weighted by Gasteiger charge is 2.55. The van der Waals surface area contributed by atoms with Gasteiger partial charge in [-0.2, -0.15) is 0 Å². The summed E-state index contributed by atoms with van der Waals surface area (Å²) >= 11 is 0. The standard InChI is InChI=1S/C53H51N3O14/c1-26-47-35(56-19-20-66-50(65-4)49(56)69-47)22-38(67-26)68-37-24-53(63,23-34-40(37)46(60)42-41(44(34)58)43(57)33-17-10-18-36(64-3)39(33)45(42)59)51(61)54-25-27-11-9-12-28(21-27)55(2)52(62)70-48-31-15-7-5-13-29(31)30-14-6-8-16-32(30)48/h5-18,21,26,35,37-38,47-50,58,60,63H,19-20,22-25H2,1-4H3,(H,54,61)/t26-,35-,37-,38-,47+,49+,50-,53-/m0/s1. The largest absolute Gasteiger partial charge is 0.507 e. The van der Waals surface area contributed by atoms with Crippen LogP contribution in [0.25, 0.3) is 11.1 Å². The van der Waals surface area contributed by atoms with Crippen LogP contribution < -0.4 is 15.0 Å². The molecule has 2 amide bonds. The molecule has 0 spiro atoms. The normalized spacial score (nSPS) is 26.4. The third-order valence-electron chi connectivity index (χ3n) is 14.6. The van der Waals surface area contributed by atoms with Crippen molar-refractivity contribution in [2.45, 2.75) is 87.6 Å². The van der Waals surface area contributed by atoms with Crippen LogP contribution in [0.15, 0.2) is 91.0 Å². The molecule has 0 bridgehead atoms. The van der Waals surface area contributed by atoms with Crippen molar-refractivity contribution in [2.24, 2.45) is 0 Å². The van der Waals surface area contributed by atoms with Gasteiger partial charge in [0.25, 0.3) is 5.91 Å². The molecule has 6 aliphatic rings. The molecule has 3 fully saturated rings. The van der Waals surface area contributed by atoms with E-state index in [-0.39, 0.29) is 53.1 Å². The fourth-order valence-electron chi connectivity index (χ4n) is 11.2. The lowest BCUT2D eigenvalue weighted by Crippen LogP contribution is -2.55. The van der Waals surface area contributed by atoms with E-state index < -0.39 is 102 Å². The fraction of sp³-hybridized carbons (Fsp3) is 0.358. The molecule has 0 radical (unpaired) electrons. The summed E-state index contributed by atoms with van der Waals surface area (Å²) in [5.74, 6) is -3.57. The summed E-state index contributed by atoms with van der Waals surface area (Å²) in [5, 5.41) is 39.7. The predicted octanol–water partition coefficient (Wildman–Crippen LogP) is 5.81. The first-order valence-electron chi connectivity index (χ1n) is 23.3. The van der Waals surface area contributed by atoms with Crippen LogP contribution in [0, 0.1) is 0 Å². The lowest BCUT2D eigenvalue weighted by atomic mass is 9.72. The molecule has 3 aliphatic heterocycles. The van der Waals surface area contributed by atoms with Crippen molar-refractivity contribution < 1.29 is 67.7 Å². The number of phenols is 2. The number of morpholine rings is 1. The van der Waals surface area contributed by atoms with Crippen LogP contribution in [0.2, 0.25) is 0 Å². The second-order valence-corrected chi connectivity index (χ2v) is 18.5. The zero-order valence-corrected chi connectivity index (χ0v) is 38.7. The maximum Gasteiger partial charge on any atom is 0.414 e. The highest BCUT2D eigenvalue weighted by molar-refractivity contribution is 6.31. The minimum atomic E-state index is -2.30. The molecule has 5 aromatic rings. The number of carbonyl (C=O) groups excluding carboxylic acids is 4. The number of aliphatic hydroxyl groups is 1. The number of aromatic hydroxyl groups is 2. The molecule has 362 valence electrons. The lowest BCUT2D eigenvalue weighted by molar-refractivity contribution is -0.256. The summed E-state index contributed by atoms with van der Waals surface area (Å²) in [4.78, 5) is 60.2. The second kappa shape index (κ2) is 17.6. The molecule has 3 saturated heterocycles. The van der Waals surface area contributed by atoms with E-state index in [1.165, 1.54) is 30.2 Å². The van der Waals surface area contributed by atoms with Gasteiger partial charge in [-0.3, -0.25) is 24.2 Å².